The standard InChI is InChI=1S/C22H20FN7O/c1-12-10-30(6-5-25-12)14-3-4-17-15(8-14)18(9-24)27-22(26-17)16-7-13-11-29(2)28-20(13)19(23)21(16)31/h3-4,7-8,11-12,25,31H,5-6,10H2,1-2H3. The molecule has 1 aliphatic heterocycles. The van der Waals surface area contributed by atoms with E-state index in [2.05, 4.69) is 38.3 Å². The van der Waals surface area contributed by atoms with Gasteiger partial charge < -0.3 is 15.3 Å². The zero-order chi connectivity index (χ0) is 21.7. The van der Waals surface area contributed by atoms with Crippen LogP contribution in [0.15, 0.2) is 30.5 Å². The molecule has 8 nitrogen and oxygen atoms in total. The van der Waals surface area contributed by atoms with Crippen molar-refractivity contribution in [3.05, 3.63) is 42.0 Å². The van der Waals surface area contributed by atoms with Crippen LogP contribution in [0.4, 0.5) is 10.1 Å². The molecule has 31 heavy (non-hydrogen) atoms. The highest BCUT2D eigenvalue weighted by Gasteiger charge is 2.21. The van der Waals surface area contributed by atoms with Gasteiger partial charge in [-0.25, -0.2) is 14.4 Å². The van der Waals surface area contributed by atoms with Crippen LogP contribution < -0.4 is 10.2 Å². The van der Waals surface area contributed by atoms with E-state index in [0.717, 1.165) is 25.3 Å². The number of piperazine rings is 1. The van der Waals surface area contributed by atoms with Crippen molar-refractivity contribution < 1.29 is 9.50 Å². The van der Waals surface area contributed by atoms with E-state index in [-0.39, 0.29) is 22.6 Å². The second kappa shape index (κ2) is 7.18. The maximum atomic E-state index is 14.7. The van der Waals surface area contributed by atoms with Crippen molar-refractivity contribution in [2.24, 2.45) is 7.05 Å². The molecule has 0 amide bonds. The number of nitrogens with zero attached hydrogens (tertiary/aromatic N) is 6. The number of benzene rings is 2. The molecule has 2 aromatic heterocycles. The third kappa shape index (κ3) is 3.21. The lowest BCUT2D eigenvalue weighted by Crippen LogP contribution is -2.49. The van der Waals surface area contributed by atoms with Gasteiger partial charge in [-0.1, -0.05) is 0 Å². The molecule has 1 atom stereocenters. The van der Waals surface area contributed by atoms with Gasteiger partial charge in [0.05, 0.1) is 11.1 Å². The maximum Gasteiger partial charge on any atom is 0.193 e. The third-order valence-electron chi connectivity index (χ3n) is 5.59. The number of aromatic nitrogens is 4. The molecule has 0 radical (unpaired) electrons. The lowest BCUT2D eigenvalue weighted by molar-refractivity contribution is 0.437. The average molecular weight is 417 g/mol. The van der Waals surface area contributed by atoms with Gasteiger partial charge in [0.15, 0.2) is 23.1 Å². The lowest BCUT2D eigenvalue weighted by Gasteiger charge is -2.33. The van der Waals surface area contributed by atoms with E-state index >= 15 is 0 Å². The fourth-order valence-corrected chi connectivity index (χ4v) is 4.09. The second-order valence-electron chi connectivity index (χ2n) is 7.84. The van der Waals surface area contributed by atoms with Crippen molar-refractivity contribution in [2.45, 2.75) is 13.0 Å². The first-order valence-corrected chi connectivity index (χ1v) is 10.00. The Balaban J connectivity index is 1.65. The normalized spacial score (nSPS) is 16.7. The first kappa shape index (κ1) is 19.2. The van der Waals surface area contributed by atoms with Crippen molar-refractivity contribution >= 4 is 27.5 Å². The number of nitriles is 1. The van der Waals surface area contributed by atoms with Gasteiger partial charge in [-0.2, -0.15) is 10.4 Å². The van der Waals surface area contributed by atoms with Crippen LogP contribution in [0.1, 0.15) is 12.6 Å². The molecule has 5 rings (SSSR count). The monoisotopic (exact) mass is 417 g/mol. The summed E-state index contributed by atoms with van der Waals surface area (Å²) in [7, 11) is 1.67. The number of rotatable bonds is 2. The summed E-state index contributed by atoms with van der Waals surface area (Å²) in [6, 6.07) is 9.79. The van der Waals surface area contributed by atoms with Crippen LogP contribution in [0.3, 0.4) is 0 Å². The van der Waals surface area contributed by atoms with Crippen molar-refractivity contribution in [1.82, 2.24) is 25.1 Å². The molecular weight excluding hydrogens is 397 g/mol. The summed E-state index contributed by atoms with van der Waals surface area (Å²) in [5.41, 5.74) is 1.92. The molecule has 0 spiro atoms. The van der Waals surface area contributed by atoms with Gasteiger partial charge in [-0.15, -0.1) is 0 Å². The van der Waals surface area contributed by atoms with E-state index < -0.39 is 11.6 Å². The van der Waals surface area contributed by atoms with E-state index in [0.29, 0.717) is 22.3 Å². The topological polar surface area (TPSA) is 103 Å². The van der Waals surface area contributed by atoms with E-state index in [9.17, 15) is 14.8 Å². The first-order chi connectivity index (χ1) is 14.9. The molecule has 4 aromatic rings. The molecule has 9 heteroatoms. The smallest absolute Gasteiger partial charge is 0.193 e. The van der Waals surface area contributed by atoms with Crippen molar-refractivity contribution in [2.75, 3.05) is 24.5 Å². The van der Waals surface area contributed by atoms with Crippen LogP contribution in [0, 0.1) is 17.1 Å². The predicted molar refractivity (Wildman–Crippen MR) is 115 cm³/mol. The van der Waals surface area contributed by atoms with Gasteiger partial charge in [0.25, 0.3) is 0 Å². The van der Waals surface area contributed by atoms with E-state index in [1.54, 1.807) is 19.3 Å². The first-order valence-electron chi connectivity index (χ1n) is 10.00. The van der Waals surface area contributed by atoms with Crippen molar-refractivity contribution in [3.63, 3.8) is 0 Å². The zero-order valence-corrected chi connectivity index (χ0v) is 17.1. The SMILES string of the molecule is CC1CN(c2ccc3nc(-c4cc5cn(C)nc5c(F)c4O)nc(C#N)c3c2)CCN1. The number of nitrogens with one attached hydrogen (secondary N) is 1. The Hall–Kier alpha value is -3.77. The second-order valence-corrected chi connectivity index (χ2v) is 7.84. The molecule has 3 heterocycles. The summed E-state index contributed by atoms with van der Waals surface area (Å²) in [5, 5.41) is 28.7. The molecule has 1 aliphatic rings. The summed E-state index contributed by atoms with van der Waals surface area (Å²) in [6.07, 6.45) is 1.65. The quantitative estimate of drug-likeness (QED) is 0.517. The summed E-state index contributed by atoms with van der Waals surface area (Å²) in [5.74, 6) is -1.32. The largest absolute Gasteiger partial charge is 0.504 e. The highest BCUT2D eigenvalue weighted by molar-refractivity contribution is 5.91. The Morgan fingerprint density at radius 3 is 2.90 bits per heavy atom. The number of hydrogen-bond acceptors (Lipinski definition) is 7. The Morgan fingerprint density at radius 2 is 2.13 bits per heavy atom. The highest BCUT2D eigenvalue weighted by Crippen LogP contribution is 2.36. The fourth-order valence-electron chi connectivity index (χ4n) is 4.09. The number of aromatic hydroxyl groups is 1. The van der Waals surface area contributed by atoms with Gasteiger partial charge >= 0.3 is 0 Å². The Bertz CT molecular complexity index is 1370. The molecule has 0 saturated carbocycles. The molecule has 2 aromatic carbocycles. The minimum Gasteiger partial charge on any atom is -0.504 e. The number of phenolic OH excluding ortho intramolecular Hbond substituents is 1. The fraction of sp³-hybridized carbons (Fsp3) is 0.273. The van der Waals surface area contributed by atoms with Crippen LogP contribution in [-0.4, -0.2) is 50.5 Å². The van der Waals surface area contributed by atoms with Crippen molar-refractivity contribution in [3.8, 4) is 23.2 Å². The van der Waals surface area contributed by atoms with Gasteiger partial charge in [-0.05, 0) is 31.2 Å². The summed E-state index contributed by atoms with van der Waals surface area (Å²) in [4.78, 5) is 11.1. The Labute approximate surface area is 177 Å². The molecule has 2 N–H and O–H groups in total. The number of halogens is 1. The van der Waals surface area contributed by atoms with E-state index in [4.69, 9.17) is 0 Å². The lowest BCUT2D eigenvalue weighted by atomic mass is 10.1. The number of hydrogen-bond donors (Lipinski definition) is 2. The summed E-state index contributed by atoms with van der Waals surface area (Å²) >= 11 is 0. The zero-order valence-electron chi connectivity index (χ0n) is 17.1. The maximum absolute atomic E-state index is 14.7. The summed E-state index contributed by atoms with van der Waals surface area (Å²) in [6.45, 7) is 4.76. The van der Waals surface area contributed by atoms with Gasteiger partial charge in [0.1, 0.15) is 11.6 Å². The molecule has 0 aliphatic carbocycles. The average Bonchev–Trinajstić information content (AvgIpc) is 3.15. The van der Waals surface area contributed by atoms with Gasteiger partial charge in [-0.3, -0.25) is 4.68 Å². The van der Waals surface area contributed by atoms with Crippen LogP contribution >= 0.6 is 0 Å². The van der Waals surface area contributed by atoms with Gasteiger partial charge in [0.2, 0.25) is 0 Å². The molecule has 0 bridgehead atoms. The van der Waals surface area contributed by atoms with Crippen LogP contribution in [0.2, 0.25) is 0 Å². The third-order valence-corrected chi connectivity index (χ3v) is 5.59. The molecule has 1 fully saturated rings. The molecule has 156 valence electrons. The molecule has 1 unspecified atom stereocenters. The van der Waals surface area contributed by atoms with Crippen LogP contribution in [-0.2, 0) is 7.05 Å². The Morgan fingerprint density at radius 1 is 1.29 bits per heavy atom. The van der Waals surface area contributed by atoms with Gasteiger partial charge in [0, 0.05) is 55.4 Å². The number of phenols is 1. The van der Waals surface area contributed by atoms with Crippen molar-refractivity contribution in [1.29, 1.82) is 5.26 Å². The number of anilines is 1. The van der Waals surface area contributed by atoms with Crippen LogP contribution in [0.25, 0.3) is 33.2 Å². The minimum absolute atomic E-state index is 0.0694. The highest BCUT2D eigenvalue weighted by atomic mass is 19.1. The van der Waals surface area contributed by atoms with E-state index in [1.807, 2.05) is 18.2 Å². The Kier molecular flexibility index (Phi) is 4.45. The van der Waals surface area contributed by atoms with Crippen LogP contribution in [0.5, 0.6) is 5.75 Å². The number of aryl methyl sites for hydroxylation is 1. The summed E-state index contributed by atoms with van der Waals surface area (Å²) < 4.78 is 16.2. The molecule has 1 saturated heterocycles. The number of fused-ring (bicyclic) bond motifs is 2. The minimum atomic E-state index is -0.835. The predicted octanol–water partition coefficient (Wildman–Crippen LogP) is 2.70. The molecular formula is C22H20FN7O. The van der Waals surface area contributed by atoms with E-state index in [1.165, 1.54) is 4.68 Å².